The van der Waals surface area contributed by atoms with Gasteiger partial charge in [-0.3, -0.25) is 0 Å². The van der Waals surface area contributed by atoms with Crippen molar-refractivity contribution < 1.29 is 9.53 Å². The maximum Gasteiger partial charge on any atom is 0.339 e. The topological polar surface area (TPSA) is 52.3 Å². The number of esters is 1. The molecular formula is C27H31NO2. The number of nitrogen functional groups attached to an aromatic ring is 1. The lowest BCUT2D eigenvalue weighted by Crippen LogP contribution is -2.13. The van der Waals surface area contributed by atoms with Crippen molar-refractivity contribution in [3.05, 3.63) is 86.5 Å². The smallest absolute Gasteiger partial charge is 0.339 e. The van der Waals surface area contributed by atoms with E-state index in [0.29, 0.717) is 5.56 Å². The van der Waals surface area contributed by atoms with Gasteiger partial charge in [0.2, 0.25) is 0 Å². The average molecular weight is 402 g/mol. The minimum absolute atomic E-state index is 0.269. The lowest BCUT2D eigenvalue weighted by atomic mass is 9.82. The van der Waals surface area contributed by atoms with E-state index in [4.69, 9.17) is 10.5 Å². The molecule has 0 saturated carbocycles. The molecule has 0 unspecified atom stereocenters. The van der Waals surface area contributed by atoms with Crippen LogP contribution in [-0.2, 0) is 11.3 Å². The van der Waals surface area contributed by atoms with Crippen molar-refractivity contribution in [1.29, 1.82) is 0 Å². The van der Waals surface area contributed by atoms with E-state index >= 15 is 0 Å². The van der Waals surface area contributed by atoms with Gasteiger partial charge in [-0.15, -0.1) is 0 Å². The van der Waals surface area contributed by atoms with Gasteiger partial charge >= 0.3 is 5.97 Å². The Labute approximate surface area is 179 Å². The van der Waals surface area contributed by atoms with Crippen LogP contribution in [0, 0.1) is 48.5 Å². The molecule has 0 aliphatic rings. The summed E-state index contributed by atoms with van der Waals surface area (Å²) in [5.74, 6) is -0.275. The zero-order valence-corrected chi connectivity index (χ0v) is 19.1. The van der Waals surface area contributed by atoms with Gasteiger partial charge in [0, 0.05) is 5.69 Å². The molecule has 3 heteroatoms. The summed E-state index contributed by atoms with van der Waals surface area (Å²) in [6, 6.07) is 11.9. The Morgan fingerprint density at radius 1 is 0.767 bits per heavy atom. The normalized spacial score (nSPS) is 10.9. The first-order chi connectivity index (χ1) is 14.1. The summed E-state index contributed by atoms with van der Waals surface area (Å²) >= 11 is 0. The molecule has 156 valence electrons. The number of hydrogen-bond donors (Lipinski definition) is 1. The van der Waals surface area contributed by atoms with E-state index < -0.39 is 0 Å². The van der Waals surface area contributed by atoms with E-state index in [0.717, 1.165) is 44.6 Å². The first-order valence-electron chi connectivity index (χ1n) is 10.3. The zero-order chi connectivity index (χ0) is 22.2. The summed E-state index contributed by atoms with van der Waals surface area (Å²) in [6.07, 6.45) is 0. The molecule has 0 radical (unpaired) electrons. The molecule has 0 bridgehead atoms. The molecule has 0 spiro atoms. The van der Waals surface area contributed by atoms with E-state index in [9.17, 15) is 4.79 Å². The van der Waals surface area contributed by atoms with Crippen LogP contribution in [0.5, 0.6) is 0 Å². The SMILES string of the molecule is Cc1cc(C)c(-c2c(C)c(C)c(C(=O)OCc3ccccc3)c(C)c2C)c(C)c1N. The zero-order valence-electron chi connectivity index (χ0n) is 19.1. The van der Waals surface area contributed by atoms with E-state index in [1.165, 1.54) is 16.7 Å². The fraction of sp³-hybridized carbons (Fsp3) is 0.296. The number of benzene rings is 3. The van der Waals surface area contributed by atoms with Gasteiger partial charge in [0.25, 0.3) is 0 Å². The van der Waals surface area contributed by atoms with Crippen LogP contribution in [0.3, 0.4) is 0 Å². The fourth-order valence-corrected chi connectivity index (χ4v) is 4.37. The number of carbonyl (C=O) groups is 1. The number of rotatable bonds is 4. The number of aryl methyl sites for hydroxylation is 2. The van der Waals surface area contributed by atoms with Gasteiger partial charge in [0.05, 0.1) is 5.56 Å². The molecule has 0 atom stereocenters. The third-order valence-electron chi connectivity index (χ3n) is 6.32. The van der Waals surface area contributed by atoms with E-state index in [2.05, 4.69) is 33.8 Å². The summed E-state index contributed by atoms with van der Waals surface area (Å²) in [4.78, 5) is 13.0. The molecule has 0 aliphatic heterocycles. The lowest BCUT2D eigenvalue weighted by Gasteiger charge is -2.23. The number of hydrogen-bond acceptors (Lipinski definition) is 3. The average Bonchev–Trinajstić information content (AvgIpc) is 2.72. The second kappa shape index (κ2) is 8.35. The lowest BCUT2D eigenvalue weighted by molar-refractivity contribution is 0.0471. The molecule has 3 rings (SSSR count). The maximum atomic E-state index is 13.0. The van der Waals surface area contributed by atoms with Crippen LogP contribution < -0.4 is 5.73 Å². The van der Waals surface area contributed by atoms with E-state index in [1.807, 2.05) is 51.1 Å². The van der Waals surface area contributed by atoms with E-state index in [-0.39, 0.29) is 12.6 Å². The molecule has 0 aromatic heterocycles. The van der Waals surface area contributed by atoms with Crippen LogP contribution >= 0.6 is 0 Å². The molecule has 3 nitrogen and oxygen atoms in total. The van der Waals surface area contributed by atoms with Crippen LogP contribution in [-0.4, -0.2) is 5.97 Å². The third kappa shape index (κ3) is 3.72. The first-order valence-corrected chi connectivity index (χ1v) is 10.3. The van der Waals surface area contributed by atoms with Crippen molar-refractivity contribution in [1.82, 2.24) is 0 Å². The number of carbonyl (C=O) groups excluding carboxylic acids is 1. The molecule has 2 N–H and O–H groups in total. The Morgan fingerprint density at radius 2 is 1.33 bits per heavy atom. The van der Waals surface area contributed by atoms with Crippen molar-refractivity contribution in [3.63, 3.8) is 0 Å². The van der Waals surface area contributed by atoms with Crippen molar-refractivity contribution in [3.8, 4) is 11.1 Å². The number of anilines is 1. The molecule has 0 saturated heterocycles. The molecule has 3 aromatic rings. The third-order valence-corrected chi connectivity index (χ3v) is 6.32. The van der Waals surface area contributed by atoms with Gasteiger partial charge in [-0.1, -0.05) is 36.4 Å². The molecule has 0 amide bonds. The van der Waals surface area contributed by atoms with E-state index in [1.54, 1.807) is 0 Å². The Hall–Kier alpha value is -3.07. The summed E-state index contributed by atoms with van der Waals surface area (Å²) in [5, 5.41) is 0. The highest BCUT2D eigenvalue weighted by Crippen LogP contribution is 2.40. The summed E-state index contributed by atoms with van der Waals surface area (Å²) in [7, 11) is 0. The summed E-state index contributed by atoms with van der Waals surface area (Å²) in [5.41, 5.74) is 18.7. The number of nitrogens with two attached hydrogens (primary N) is 1. The highest BCUT2D eigenvalue weighted by atomic mass is 16.5. The standard InChI is InChI=1S/C27H31NO2/c1-15-13-16(2)26(28)21(7)23(15)24-17(3)19(5)25(20(6)18(24)4)27(29)30-14-22-11-9-8-10-12-22/h8-13H,14,28H2,1-7H3. The maximum absolute atomic E-state index is 13.0. The van der Waals surface area contributed by atoms with Crippen LogP contribution in [0.2, 0.25) is 0 Å². The molecule has 0 fully saturated rings. The van der Waals surface area contributed by atoms with Gasteiger partial charge in [0.1, 0.15) is 6.61 Å². The second-order valence-corrected chi connectivity index (χ2v) is 8.24. The second-order valence-electron chi connectivity index (χ2n) is 8.24. The Balaban J connectivity index is 2.09. The highest BCUT2D eigenvalue weighted by Gasteiger charge is 2.24. The molecular weight excluding hydrogens is 370 g/mol. The minimum Gasteiger partial charge on any atom is -0.457 e. The highest BCUT2D eigenvalue weighted by molar-refractivity contribution is 5.96. The van der Waals surface area contributed by atoms with Crippen molar-refractivity contribution in [2.75, 3.05) is 5.73 Å². The quantitative estimate of drug-likeness (QED) is 0.404. The largest absolute Gasteiger partial charge is 0.457 e. The van der Waals surface area contributed by atoms with Crippen LogP contribution in [0.15, 0.2) is 36.4 Å². The molecule has 3 aromatic carbocycles. The van der Waals surface area contributed by atoms with Crippen LogP contribution in [0.4, 0.5) is 5.69 Å². The van der Waals surface area contributed by atoms with Crippen molar-refractivity contribution in [2.24, 2.45) is 0 Å². The number of ether oxygens (including phenoxy) is 1. The predicted molar refractivity (Wildman–Crippen MR) is 125 cm³/mol. The summed E-state index contributed by atoms with van der Waals surface area (Å²) in [6.45, 7) is 14.7. The summed E-state index contributed by atoms with van der Waals surface area (Å²) < 4.78 is 5.65. The fourth-order valence-electron chi connectivity index (χ4n) is 4.37. The van der Waals surface area contributed by atoms with Gasteiger partial charge < -0.3 is 10.5 Å². The monoisotopic (exact) mass is 401 g/mol. The van der Waals surface area contributed by atoms with Crippen molar-refractivity contribution >= 4 is 11.7 Å². The first kappa shape index (κ1) is 21.6. The van der Waals surface area contributed by atoms with Crippen LogP contribution in [0.1, 0.15) is 54.9 Å². The molecule has 0 aliphatic carbocycles. The van der Waals surface area contributed by atoms with Gasteiger partial charge in [-0.05, 0) is 104 Å². The van der Waals surface area contributed by atoms with Gasteiger partial charge in [0.15, 0.2) is 0 Å². The Morgan fingerprint density at radius 3 is 1.90 bits per heavy atom. The van der Waals surface area contributed by atoms with Gasteiger partial charge in [-0.2, -0.15) is 0 Å². The molecule has 30 heavy (non-hydrogen) atoms. The Kier molecular flexibility index (Phi) is 6.02. The minimum atomic E-state index is -0.275. The van der Waals surface area contributed by atoms with Crippen LogP contribution in [0.25, 0.3) is 11.1 Å². The Bertz CT molecular complexity index is 1100. The van der Waals surface area contributed by atoms with Crippen molar-refractivity contribution in [2.45, 2.75) is 55.1 Å². The van der Waals surface area contributed by atoms with Gasteiger partial charge in [-0.25, -0.2) is 4.79 Å². The molecule has 0 heterocycles. The predicted octanol–water partition coefficient (Wildman–Crippen LogP) is 6.45.